The summed E-state index contributed by atoms with van der Waals surface area (Å²) >= 11 is 0. The Morgan fingerprint density at radius 2 is 1.74 bits per heavy atom. The van der Waals surface area contributed by atoms with Gasteiger partial charge in [0, 0.05) is 5.56 Å². The third kappa shape index (κ3) is 5.99. The molecule has 0 bridgehead atoms. The van der Waals surface area contributed by atoms with Gasteiger partial charge in [0.15, 0.2) is 11.4 Å². The van der Waals surface area contributed by atoms with Crippen LogP contribution < -0.4 is 15.6 Å². The van der Waals surface area contributed by atoms with Gasteiger partial charge in [-0.1, -0.05) is 54.6 Å². The highest BCUT2D eigenvalue weighted by Crippen LogP contribution is 2.32. The predicted molar refractivity (Wildman–Crippen MR) is 134 cm³/mol. The largest absolute Gasteiger partial charge is 0.486 e. The number of carbonyl (C=O) groups excluding carboxylic acids is 1. The maximum absolute atomic E-state index is 15.0. The number of para-hydroxylation sites is 1. The quantitative estimate of drug-likeness (QED) is 0.301. The highest BCUT2D eigenvalue weighted by Gasteiger charge is 2.35. The Balaban J connectivity index is 1.71. The van der Waals surface area contributed by atoms with Gasteiger partial charge in [0.1, 0.15) is 30.5 Å². The number of alkyl halides is 2. The summed E-state index contributed by atoms with van der Waals surface area (Å²) < 4.78 is 63.8. The third-order valence-electron chi connectivity index (χ3n) is 5.86. The minimum absolute atomic E-state index is 0.0333. The fourth-order valence-electron chi connectivity index (χ4n) is 3.83. The molecule has 3 aromatic carbocycles. The average molecular weight is 542 g/mol. The van der Waals surface area contributed by atoms with E-state index in [1.807, 2.05) is 0 Å². The summed E-state index contributed by atoms with van der Waals surface area (Å²) in [5.41, 5.74) is -2.00. The zero-order valence-electron chi connectivity index (χ0n) is 20.6. The number of aliphatic hydroxyl groups excluding tert-OH is 1. The minimum Gasteiger partial charge on any atom is -0.486 e. The maximum atomic E-state index is 15.0. The van der Waals surface area contributed by atoms with E-state index in [0.29, 0.717) is 4.68 Å². The first-order chi connectivity index (χ1) is 18.6. The summed E-state index contributed by atoms with van der Waals surface area (Å²) in [7, 11) is 0. The Bertz CT molecular complexity index is 1540. The number of amides is 1. The van der Waals surface area contributed by atoms with E-state index >= 15 is 0 Å². The summed E-state index contributed by atoms with van der Waals surface area (Å²) in [6.07, 6.45) is 0. The maximum Gasteiger partial charge on any atom is 0.298 e. The number of hydrogen-bond donors (Lipinski definition) is 2. The van der Waals surface area contributed by atoms with Crippen molar-refractivity contribution in [2.75, 3.05) is 6.61 Å². The van der Waals surface area contributed by atoms with Gasteiger partial charge in [-0.3, -0.25) is 9.59 Å². The predicted octanol–water partition coefficient (Wildman–Crippen LogP) is 4.66. The van der Waals surface area contributed by atoms with E-state index < -0.39 is 52.9 Å². The number of aromatic nitrogens is 2. The van der Waals surface area contributed by atoms with Crippen LogP contribution in [0.1, 0.15) is 40.1 Å². The van der Waals surface area contributed by atoms with Crippen LogP contribution in [-0.2, 0) is 12.5 Å². The molecular formula is C28H23F4N3O4. The first-order valence-electron chi connectivity index (χ1n) is 11.8. The Kier molecular flexibility index (Phi) is 8.10. The molecule has 0 aliphatic carbocycles. The normalized spacial score (nSPS) is 12.2. The molecule has 4 aromatic rings. The molecule has 1 aromatic heterocycles. The molecule has 1 heterocycles. The first kappa shape index (κ1) is 27.5. The fourth-order valence-corrected chi connectivity index (χ4v) is 3.83. The molecule has 0 radical (unpaired) electrons. The summed E-state index contributed by atoms with van der Waals surface area (Å²) in [6, 6.07) is 17.2. The molecule has 1 amide bonds. The zero-order chi connectivity index (χ0) is 28.2. The van der Waals surface area contributed by atoms with Gasteiger partial charge >= 0.3 is 0 Å². The van der Waals surface area contributed by atoms with Crippen molar-refractivity contribution in [3.8, 4) is 11.4 Å². The number of hydrogen-bond acceptors (Lipinski definition) is 5. The second kappa shape index (κ2) is 11.5. The van der Waals surface area contributed by atoms with Crippen molar-refractivity contribution in [3.05, 3.63) is 123 Å². The van der Waals surface area contributed by atoms with Crippen LogP contribution in [-0.4, -0.2) is 27.4 Å². The lowest BCUT2D eigenvalue weighted by Crippen LogP contribution is -2.32. The number of carbonyl (C=O) groups is 1. The molecular weight excluding hydrogens is 518 g/mol. The molecule has 0 fully saturated rings. The van der Waals surface area contributed by atoms with Crippen LogP contribution in [0.4, 0.5) is 17.6 Å². The molecule has 39 heavy (non-hydrogen) atoms. The molecule has 2 N–H and O–H groups in total. The summed E-state index contributed by atoms with van der Waals surface area (Å²) in [6.45, 7) is -0.277. The Morgan fingerprint density at radius 1 is 1.05 bits per heavy atom. The van der Waals surface area contributed by atoms with Crippen molar-refractivity contribution in [1.82, 2.24) is 15.1 Å². The van der Waals surface area contributed by atoms with Gasteiger partial charge < -0.3 is 15.2 Å². The molecule has 0 aliphatic rings. The van der Waals surface area contributed by atoms with Crippen LogP contribution in [0.3, 0.4) is 0 Å². The van der Waals surface area contributed by atoms with Gasteiger partial charge in [0.25, 0.3) is 17.4 Å². The van der Waals surface area contributed by atoms with Gasteiger partial charge in [-0.15, -0.1) is 0 Å². The number of aliphatic hydroxyl groups is 1. The monoisotopic (exact) mass is 541 g/mol. The second-order valence-electron chi connectivity index (χ2n) is 8.60. The number of halogens is 4. The minimum atomic E-state index is -3.83. The third-order valence-corrected chi connectivity index (χ3v) is 5.86. The molecule has 0 saturated heterocycles. The van der Waals surface area contributed by atoms with Crippen LogP contribution >= 0.6 is 0 Å². The number of rotatable bonds is 9. The highest BCUT2D eigenvalue weighted by molar-refractivity contribution is 5.95. The van der Waals surface area contributed by atoms with Crippen molar-refractivity contribution < 1.29 is 32.2 Å². The molecule has 11 heteroatoms. The van der Waals surface area contributed by atoms with Crippen molar-refractivity contribution in [2.45, 2.75) is 25.5 Å². The van der Waals surface area contributed by atoms with Crippen LogP contribution in [0.2, 0.25) is 0 Å². The van der Waals surface area contributed by atoms with E-state index in [-0.39, 0.29) is 23.6 Å². The van der Waals surface area contributed by atoms with Gasteiger partial charge in [-0.2, -0.15) is 18.6 Å². The molecule has 1 atom stereocenters. The highest BCUT2D eigenvalue weighted by atomic mass is 19.3. The van der Waals surface area contributed by atoms with Crippen molar-refractivity contribution in [3.63, 3.8) is 0 Å². The van der Waals surface area contributed by atoms with Crippen LogP contribution in [0.15, 0.2) is 83.7 Å². The smallest absolute Gasteiger partial charge is 0.298 e. The van der Waals surface area contributed by atoms with Crippen molar-refractivity contribution in [1.29, 1.82) is 0 Å². The van der Waals surface area contributed by atoms with Gasteiger partial charge in [0.05, 0.1) is 17.7 Å². The van der Waals surface area contributed by atoms with E-state index in [2.05, 4.69) is 10.4 Å². The van der Waals surface area contributed by atoms with E-state index in [1.165, 1.54) is 37.3 Å². The van der Waals surface area contributed by atoms with E-state index in [9.17, 15) is 27.2 Å². The van der Waals surface area contributed by atoms with Gasteiger partial charge in [-0.25, -0.2) is 8.78 Å². The molecule has 202 valence electrons. The lowest BCUT2D eigenvalue weighted by molar-refractivity contribution is -0.0584. The van der Waals surface area contributed by atoms with Crippen molar-refractivity contribution in [2.24, 2.45) is 0 Å². The number of nitrogens with zero attached hydrogens (tertiary/aromatic N) is 2. The van der Waals surface area contributed by atoms with E-state index in [1.54, 1.807) is 30.3 Å². The lowest BCUT2D eigenvalue weighted by Gasteiger charge is -2.20. The van der Waals surface area contributed by atoms with E-state index in [0.717, 1.165) is 23.8 Å². The summed E-state index contributed by atoms with van der Waals surface area (Å²) in [5.74, 6) is -7.06. The zero-order valence-corrected chi connectivity index (χ0v) is 20.6. The first-order valence-corrected chi connectivity index (χ1v) is 11.8. The molecule has 0 unspecified atom stereocenters. The van der Waals surface area contributed by atoms with Gasteiger partial charge in [0.2, 0.25) is 0 Å². The van der Waals surface area contributed by atoms with Crippen LogP contribution in [0.25, 0.3) is 5.69 Å². The van der Waals surface area contributed by atoms with E-state index in [4.69, 9.17) is 9.84 Å². The Morgan fingerprint density at radius 3 is 2.44 bits per heavy atom. The second-order valence-corrected chi connectivity index (χ2v) is 8.60. The molecule has 0 spiro atoms. The molecule has 0 saturated carbocycles. The fraction of sp³-hybridized carbons (Fsp3) is 0.179. The SMILES string of the molecule is C[C@@H](NC(=O)c1nn(-c2ccccc2F)c(=O)cc1OCc1ccccc1)c1cccc(C(F)(F)CO)c1F. The van der Waals surface area contributed by atoms with Crippen molar-refractivity contribution >= 4 is 5.91 Å². The van der Waals surface area contributed by atoms with Crippen LogP contribution in [0.5, 0.6) is 5.75 Å². The Labute approximate surface area is 220 Å². The molecule has 7 nitrogen and oxygen atoms in total. The molecule has 0 aliphatic heterocycles. The number of nitrogens with one attached hydrogen (secondary N) is 1. The van der Waals surface area contributed by atoms with Crippen LogP contribution in [0, 0.1) is 11.6 Å². The summed E-state index contributed by atoms with van der Waals surface area (Å²) in [4.78, 5) is 26.1. The molecule has 4 rings (SSSR count). The van der Waals surface area contributed by atoms with Gasteiger partial charge in [-0.05, 0) is 30.7 Å². The lowest BCUT2D eigenvalue weighted by atomic mass is 10.00. The average Bonchev–Trinajstić information content (AvgIpc) is 2.93. The number of benzene rings is 3. The topological polar surface area (TPSA) is 93.5 Å². The Hall–Kier alpha value is -4.51. The standard InChI is InChI=1S/C28H23F4N3O4/c1-17(19-10-7-11-20(25(19)30)28(31,32)16-36)33-27(38)26-23(39-15-18-8-3-2-4-9-18)14-24(37)35(34-26)22-13-6-5-12-21(22)29/h2-14,17,36H,15-16H2,1H3,(H,33,38)/t17-/m1/s1. The summed E-state index contributed by atoms with van der Waals surface area (Å²) in [5, 5.41) is 15.5. The number of ether oxygens (including phenoxy) is 1.